The first-order chi connectivity index (χ1) is 12.4. The highest BCUT2D eigenvalue weighted by atomic mass is 15.2. The van der Waals surface area contributed by atoms with Crippen LogP contribution in [0.1, 0.15) is 18.1 Å². The number of aromatic nitrogens is 4. The van der Waals surface area contributed by atoms with Crippen molar-refractivity contribution in [1.29, 1.82) is 0 Å². The Bertz CT molecular complexity index is 740. The number of para-hydroxylation sites is 2. The molecule has 25 heavy (non-hydrogen) atoms. The largest absolute Gasteiger partial charge is 0.362 e. The molecule has 0 bridgehead atoms. The fourth-order valence-corrected chi connectivity index (χ4v) is 3.19. The van der Waals surface area contributed by atoms with Gasteiger partial charge in [-0.05, 0) is 30.7 Å². The molecular formula is C19H20N6. The average Bonchev–Trinajstić information content (AvgIpc) is 2.84. The predicted molar refractivity (Wildman–Crippen MR) is 97.2 cm³/mol. The van der Waals surface area contributed by atoms with E-state index in [1.807, 2.05) is 12.1 Å². The van der Waals surface area contributed by atoms with Gasteiger partial charge in [-0.25, -0.2) is 19.9 Å². The van der Waals surface area contributed by atoms with E-state index in [1.54, 1.807) is 24.8 Å². The molecule has 3 heterocycles. The Morgan fingerprint density at radius 2 is 1.08 bits per heavy atom. The van der Waals surface area contributed by atoms with Crippen molar-refractivity contribution in [3.8, 4) is 0 Å². The summed E-state index contributed by atoms with van der Waals surface area (Å²) in [5, 5.41) is 0. The van der Waals surface area contributed by atoms with Gasteiger partial charge in [0.25, 0.3) is 0 Å². The number of rotatable bonds is 4. The molecule has 0 atom stereocenters. The van der Waals surface area contributed by atoms with E-state index in [0.29, 0.717) is 13.1 Å². The van der Waals surface area contributed by atoms with Crippen molar-refractivity contribution < 1.29 is 0 Å². The van der Waals surface area contributed by atoms with Gasteiger partial charge < -0.3 is 9.80 Å². The van der Waals surface area contributed by atoms with E-state index in [1.165, 1.54) is 11.4 Å². The van der Waals surface area contributed by atoms with Crippen LogP contribution in [0.25, 0.3) is 0 Å². The lowest BCUT2D eigenvalue weighted by Gasteiger charge is -2.27. The van der Waals surface area contributed by atoms with Gasteiger partial charge in [0.05, 0.1) is 24.5 Å². The van der Waals surface area contributed by atoms with Gasteiger partial charge in [0.1, 0.15) is 11.6 Å². The fourth-order valence-electron chi connectivity index (χ4n) is 3.19. The lowest BCUT2D eigenvalue weighted by Crippen LogP contribution is -2.24. The maximum Gasteiger partial charge on any atom is 0.147 e. The van der Waals surface area contributed by atoms with Crippen LogP contribution in [0.5, 0.6) is 0 Å². The van der Waals surface area contributed by atoms with Crippen molar-refractivity contribution in [2.24, 2.45) is 0 Å². The molecule has 6 nitrogen and oxygen atoms in total. The lowest BCUT2D eigenvalue weighted by atomic mass is 10.2. The Morgan fingerprint density at radius 1 is 0.640 bits per heavy atom. The highest BCUT2D eigenvalue weighted by Crippen LogP contribution is 2.33. The number of nitrogens with zero attached hydrogens (tertiary/aromatic N) is 6. The monoisotopic (exact) mass is 332 g/mol. The standard InChI is InChI=1S/C19H20N6/c1-2-7-17-16(6-1)24(14-18-20-8-3-9-21-18)12-5-13-25(17)15-19-22-10-4-11-23-19/h1-4,6-11H,5,12-15H2. The van der Waals surface area contributed by atoms with E-state index in [-0.39, 0.29) is 0 Å². The van der Waals surface area contributed by atoms with Crippen molar-refractivity contribution in [1.82, 2.24) is 19.9 Å². The SMILES string of the molecule is c1cnc(CN2CCCN(Cc3ncccn3)c3ccccc32)nc1. The van der Waals surface area contributed by atoms with Crippen LogP contribution in [0, 0.1) is 0 Å². The van der Waals surface area contributed by atoms with Crippen LogP contribution in [-0.4, -0.2) is 33.0 Å². The second-order valence-electron chi connectivity index (χ2n) is 6.02. The number of hydrogen-bond acceptors (Lipinski definition) is 6. The molecule has 0 N–H and O–H groups in total. The van der Waals surface area contributed by atoms with E-state index in [0.717, 1.165) is 31.2 Å². The number of hydrogen-bond donors (Lipinski definition) is 0. The third-order valence-electron chi connectivity index (χ3n) is 4.32. The van der Waals surface area contributed by atoms with Gasteiger partial charge in [-0.15, -0.1) is 0 Å². The molecule has 0 radical (unpaired) electrons. The summed E-state index contributed by atoms with van der Waals surface area (Å²) in [5.74, 6) is 1.69. The second kappa shape index (κ2) is 7.25. The van der Waals surface area contributed by atoms with Crippen LogP contribution in [0.3, 0.4) is 0 Å². The van der Waals surface area contributed by atoms with Crippen LogP contribution in [0.4, 0.5) is 11.4 Å². The first-order valence-electron chi connectivity index (χ1n) is 8.51. The minimum Gasteiger partial charge on any atom is -0.362 e. The van der Waals surface area contributed by atoms with E-state index < -0.39 is 0 Å². The first kappa shape index (κ1) is 15.5. The molecule has 0 unspecified atom stereocenters. The molecule has 0 fully saturated rings. The second-order valence-corrected chi connectivity index (χ2v) is 6.02. The first-order valence-corrected chi connectivity index (χ1v) is 8.51. The molecule has 0 aliphatic carbocycles. The zero-order chi connectivity index (χ0) is 16.9. The predicted octanol–water partition coefficient (Wildman–Crippen LogP) is 2.68. The van der Waals surface area contributed by atoms with Gasteiger partial charge in [-0.3, -0.25) is 0 Å². The van der Waals surface area contributed by atoms with Crippen LogP contribution < -0.4 is 9.80 Å². The molecule has 3 aromatic rings. The summed E-state index contributed by atoms with van der Waals surface area (Å²) in [7, 11) is 0. The maximum absolute atomic E-state index is 4.38. The van der Waals surface area contributed by atoms with Gasteiger partial charge in [-0.2, -0.15) is 0 Å². The molecule has 4 rings (SSSR count). The highest BCUT2D eigenvalue weighted by Gasteiger charge is 2.21. The number of fused-ring (bicyclic) bond motifs is 1. The lowest BCUT2D eigenvalue weighted by molar-refractivity contribution is 0.693. The molecule has 1 aliphatic heterocycles. The summed E-state index contributed by atoms with van der Waals surface area (Å²) < 4.78 is 0. The normalized spacial score (nSPS) is 14.1. The van der Waals surface area contributed by atoms with Crippen LogP contribution in [-0.2, 0) is 13.1 Å². The number of anilines is 2. The van der Waals surface area contributed by atoms with Gasteiger partial charge in [0.2, 0.25) is 0 Å². The Labute approximate surface area is 147 Å². The van der Waals surface area contributed by atoms with Gasteiger partial charge in [0.15, 0.2) is 0 Å². The topological polar surface area (TPSA) is 58.0 Å². The third-order valence-corrected chi connectivity index (χ3v) is 4.32. The van der Waals surface area contributed by atoms with E-state index in [9.17, 15) is 0 Å². The molecule has 126 valence electrons. The molecule has 2 aromatic heterocycles. The zero-order valence-electron chi connectivity index (χ0n) is 14.0. The van der Waals surface area contributed by atoms with Crippen LogP contribution in [0.2, 0.25) is 0 Å². The summed E-state index contributed by atoms with van der Waals surface area (Å²) in [5.41, 5.74) is 2.42. The van der Waals surface area contributed by atoms with Gasteiger partial charge in [-0.1, -0.05) is 12.1 Å². The fraction of sp³-hybridized carbons (Fsp3) is 0.263. The van der Waals surface area contributed by atoms with Crippen LogP contribution >= 0.6 is 0 Å². The maximum atomic E-state index is 4.38. The summed E-state index contributed by atoms with van der Waals surface area (Å²) in [6.45, 7) is 3.38. The Balaban J connectivity index is 1.62. The van der Waals surface area contributed by atoms with Crippen molar-refractivity contribution in [3.63, 3.8) is 0 Å². The van der Waals surface area contributed by atoms with E-state index >= 15 is 0 Å². The van der Waals surface area contributed by atoms with Crippen molar-refractivity contribution in [2.45, 2.75) is 19.5 Å². The molecule has 6 heteroatoms. The van der Waals surface area contributed by atoms with Gasteiger partial charge >= 0.3 is 0 Å². The molecule has 1 aromatic carbocycles. The molecule has 0 saturated heterocycles. The van der Waals surface area contributed by atoms with Crippen molar-refractivity contribution >= 4 is 11.4 Å². The summed E-state index contributed by atoms with van der Waals surface area (Å²) in [4.78, 5) is 22.2. The summed E-state index contributed by atoms with van der Waals surface area (Å²) in [6.07, 6.45) is 8.25. The zero-order valence-corrected chi connectivity index (χ0v) is 14.0. The minimum absolute atomic E-state index is 0.716. The molecular weight excluding hydrogens is 312 g/mol. The van der Waals surface area contributed by atoms with E-state index in [4.69, 9.17) is 0 Å². The third kappa shape index (κ3) is 3.57. The molecule has 1 aliphatic rings. The van der Waals surface area contributed by atoms with Crippen molar-refractivity contribution in [3.05, 3.63) is 72.8 Å². The molecule has 0 saturated carbocycles. The molecule has 0 amide bonds. The van der Waals surface area contributed by atoms with Crippen LogP contribution in [0.15, 0.2) is 61.2 Å². The number of benzene rings is 1. The highest BCUT2D eigenvalue weighted by molar-refractivity contribution is 5.72. The molecule has 0 spiro atoms. The van der Waals surface area contributed by atoms with Gasteiger partial charge in [0, 0.05) is 37.9 Å². The van der Waals surface area contributed by atoms with Crippen molar-refractivity contribution in [2.75, 3.05) is 22.9 Å². The average molecular weight is 332 g/mol. The quantitative estimate of drug-likeness (QED) is 0.732. The Hall–Kier alpha value is -3.02. The smallest absolute Gasteiger partial charge is 0.147 e. The summed E-state index contributed by atoms with van der Waals surface area (Å²) >= 11 is 0. The Morgan fingerprint density at radius 3 is 1.52 bits per heavy atom. The summed E-state index contributed by atoms with van der Waals surface area (Å²) in [6, 6.07) is 12.2. The Kier molecular flexibility index (Phi) is 4.50. The minimum atomic E-state index is 0.716. The van der Waals surface area contributed by atoms with E-state index in [2.05, 4.69) is 54.0 Å².